The number of ether oxygens (including phenoxy) is 1. The summed E-state index contributed by atoms with van der Waals surface area (Å²) in [6, 6.07) is 0. The monoisotopic (exact) mass is 183 g/mol. The third kappa shape index (κ3) is 7.04. The van der Waals surface area contributed by atoms with Crippen LogP contribution in [0.15, 0.2) is 24.6 Å². The van der Waals surface area contributed by atoms with Gasteiger partial charge in [0.1, 0.15) is 0 Å². The summed E-state index contributed by atoms with van der Waals surface area (Å²) in [6.45, 7) is 5.94. The van der Waals surface area contributed by atoms with E-state index in [1.165, 1.54) is 0 Å². The minimum absolute atomic E-state index is 0.0524. The van der Waals surface area contributed by atoms with Crippen LogP contribution < -0.4 is 0 Å². The number of nitrogens with zero attached hydrogens (tertiary/aromatic N) is 2. The maximum absolute atomic E-state index is 9.06. The summed E-state index contributed by atoms with van der Waals surface area (Å²) in [5.41, 5.74) is 0. The molecule has 0 aliphatic carbocycles. The van der Waals surface area contributed by atoms with Crippen molar-refractivity contribution in [1.29, 1.82) is 5.39 Å². The van der Waals surface area contributed by atoms with Crippen LogP contribution in [0.2, 0.25) is 0 Å². The van der Waals surface area contributed by atoms with Gasteiger partial charge in [0.05, 0.1) is 12.7 Å². The maximum Gasteiger partial charge on any atom is 0.387 e. The van der Waals surface area contributed by atoms with Crippen molar-refractivity contribution in [3.05, 3.63) is 29.6 Å². The van der Waals surface area contributed by atoms with Gasteiger partial charge in [-0.15, -0.1) is 6.58 Å². The Morgan fingerprint density at radius 2 is 2.46 bits per heavy atom. The molecular weight excluding hydrogens is 168 g/mol. The molecule has 72 valence electrons. The second kappa shape index (κ2) is 7.32. The van der Waals surface area contributed by atoms with Crippen LogP contribution in [0.25, 0.3) is 4.98 Å². The van der Waals surface area contributed by atoms with Gasteiger partial charge in [-0.1, -0.05) is 6.08 Å². The van der Waals surface area contributed by atoms with Gasteiger partial charge in [-0.05, 0) is 13.3 Å². The molecule has 0 fully saturated rings. The van der Waals surface area contributed by atoms with E-state index in [9.17, 15) is 0 Å². The first-order valence-electron chi connectivity index (χ1n) is 4.15. The normalized spacial score (nSPS) is 13.4. The lowest BCUT2D eigenvalue weighted by atomic mass is 10.2. The van der Waals surface area contributed by atoms with Crippen molar-refractivity contribution in [2.24, 2.45) is 0 Å². The predicted molar refractivity (Wildman–Crippen MR) is 50.6 cm³/mol. The molecule has 1 unspecified atom stereocenters. The Labute approximate surface area is 78.1 Å². The molecule has 13 heavy (non-hydrogen) atoms. The third-order valence-electron chi connectivity index (χ3n) is 1.51. The summed E-state index contributed by atoms with van der Waals surface area (Å²) >= 11 is 0. The zero-order valence-corrected chi connectivity index (χ0v) is 7.81. The van der Waals surface area contributed by atoms with Crippen LogP contribution in [-0.4, -0.2) is 17.8 Å². The van der Waals surface area contributed by atoms with E-state index in [4.69, 9.17) is 15.2 Å². The standard InChI is InChI=1S/C9H14N2O2/c1-3-6-13-8(2)4-5-9(12)7-11-10/h3,7-8H,1,4-6H2,2H3/p+1/b9-7-. The number of diazo groups is 1. The van der Waals surface area contributed by atoms with Crippen molar-refractivity contribution >= 4 is 0 Å². The van der Waals surface area contributed by atoms with Gasteiger partial charge in [-0.3, -0.25) is 0 Å². The molecule has 0 aromatic heterocycles. The highest BCUT2D eigenvalue weighted by molar-refractivity contribution is 4.95. The van der Waals surface area contributed by atoms with Crippen molar-refractivity contribution in [2.75, 3.05) is 6.61 Å². The number of aliphatic hydroxyl groups excluding tert-OH is 1. The minimum atomic E-state index is 0.0524. The van der Waals surface area contributed by atoms with Gasteiger partial charge >= 0.3 is 6.20 Å². The van der Waals surface area contributed by atoms with E-state index in [2.05, 4.69) is 11.6 Å². The molecule has 0 bridgehead atoms. The van der Waals surface area contributed by atoms with Crippen LogP contribution in [-0.2, 0) is 4.74 Å². The van der Waals surface area contributed by atoms with E-state index >= 15 is 0 Å². The lowest BCUT2D eigenvalue weighted by molar-refractivity contribution is 0.0799. The highest BCUT2D eigenvalue weighted by Gasteiger charge is 2.05. The Morgan fingerprint density at radius 3 is 3.00 bits per heavy atom. The molecule has 1 N–H and O–H groups in total. The van der Waals surface area contributed by atoms with E-state index in [1.807, 2.05) is 6.92 Å². The first-order valence-corrected chi connectivity index (χ1v) is 4.15. The molecular formula is C9H15N2O2+. The SMILES string of the molecule is C=CCOC(C)CC/C(O)=C/[N+]#N. The highest BCUT2D eigenvalue weighted by Crippen LogP contribution is 2.07. The molecule has 0 amide bonds. The number of hydrogen-bond donors (Lipinski definition) is 1. The van der Waals surface area contributed by atoms with Crippen molar-refractivity contribution in [2.45, 2.75) is 25.9 Å². The highest BCUT2D eigenvalue weighted by atomic mass is 16.5. The number of allylic oxidation sites excluding steroid dienone is 1. The quantitative estimate of drug-likeness (QED) is 0.391. The van der Waals surface area contributed by atoms with Gasteiger partial charge in [0, 0.05) is 6.42 Å². The molecule has 0 aliphatic rings. The van der Waals surface area contributed by atoms with E-state index in [0.29, 0.717) is 19.4 Å². The second-order valence-corrected chi connectivity index (χ2v) is 2.71. The molecule has 0 saturated carbocycles. The van der Waals surface area contributed by atoms with Gasteiger partial charge in [-0.2, -0.15) is 0 Å². The average Bonchev–Trinajstić information content (AvgIpc) is 2.12. The number of aliphatic hydroxyl groups is 1. The zero-order chi connectivity index (χ0) is 10.1. The summed E-state index contributed by atoms with van der Waals surface area (Å²) in [5.74, 6) is 0.0524. The lowest BCUT2D eigenvalue weighted by Gasteiger charge is -2.09. The molecule has 0 aromatic carbocycles. The molecule has 0 radical (unpaired) electrons. The summed E-state index contributed by atoms with van der Waals surface area (Å²) < 4.78 is 5.27. The van der Waals surface area contributed by atoms with Crippen molar-refractivity contribution in [1.82, 2.24) is 0 Å². The van der Waals surface area contributed by atoms with Crippen molar-refractivity contribution in [3.8, 4) is 0 Å². The van der Waals surface area contributed by atoms with E-state index in [1.54, 1.807) is 6.08 Å². The largest absolute Gasteiger partial charge is 0.505 e. The van der Waals surface area contributed by atoms with Crippen LogP contribution in [0.5, 0.6) is 0 Å². The number of rotatable bonds is 6. The van der Waals surface area contributed by atoms with Gasteiger partial charge in [0.15, 0.2) is 10.7 Å². The first-order chi connectivity index (χ1) is 6.20. The van der Waals surface area contributed by atoms with Crippen LogP contribution in [0.3, 0.4) is 0 Å². The molecule has 1 atom stereocenters. The Kier molecular flexibility index (Phi) is 6.56. The summed E-state index contributed by atoms with van der Waals surface area (Å²) in [4.78, 5) is 2.71. The van der Waals surface area contributed by atoms with Crippen molar-refractivity contribution < 1.29 is 9.84 Å². The third-order valence-corrected chi connectivity index (χ3v) is 1.51. The van der Waals surface area contributed by atoms with Crippen molar-refractivity contribution in [3.63, 3.8) is 0 Å². The molecule has 4 heteroatoms. The minimum Gasteiger partial charge on any atom is -0.505 e. The molecule has 0 rings (SSSR count). The maximum atomic E-state index is 9.06. The summed E-state index contributed by atoms with van der Waals surface area (Å²) in [5, 5.41) is 17.1. The first kappa shape index (κ1) is 11.7. The molecule has 0 heterocycles. The van der Waals surface area contributed by atoms with Gasteiger partial charge < -0.3 is 9.84 Å². The smallest absolute Gasteiger partial charge is 0.387 e. The lowest BCUT2D eigenvalue weighted by Crippen LogP contribution is -2.08. The van der Waals surface area contributed by atoms with Crippen LogP contribution in [0.1, 0.15) is 19.8 Å². The van der Waals surface area contributed by atoms with Gasteiger partial charge in [0.2, 0.25) is 5.39 Å². The molecule has 4 nitrogen and oxygen atoms in total. The van der Waals surface area contributed by atoms with Gasteiger partial charge in [-0.25, -0.2) is 0 Å². The summed E-state index contributed by atoms with van der Waals surface area (Å²) in [7, 11) is 0. The van der Waals surface area contributed by atoms with E-state index < -0.39 is 0 Å². The Morgan fingerprint density at radius 1 is 1.77 bits per heavy atom. The van der Waals surface area contributed by atoms with Crippen LogP contribution in [0, 0.1) is 5.39 Å². The molecule has 0 saturated heterocycles. The Balaban J connectivity index is 3.58. The van der Waals surface area contributed by atoms with Crippen LogP contribution >= 0.6 is 0 Å². The number of hydrogen-bond acceptors (Lipinski definition) is 3. The predicted octanol–water partition coefficient (Wildman–Crippen LogP) is 2.61. The van der Waals surface area contributed by atoms with E-state index in [-0.39, 0.29) is 11.9 Å². The fourth-order valence-electron chi connectivity index (χ4n) is 0.798. The molecule has 0 aliphatic heterocycles. The summed E-state index contributed by atoms with van der Waals surface area (Å²) in [6.07, 6.45) is 3.89. The Hall–Kier alpha value is -1.34. The molecule has 0 aromatic rings. The fraction of sp³-hybridized carbons (Fsp3) is 0.556. The fourth-order valence-corrected chi connectivity index (χ4v) is 0.798. The van der Waals surface area contributed by atoms with E-state index in [0.717, 1.165) is 6.20 Å². The Bertz CT molecular complexity index is 218. The second-order valence-electron chi connectivity index (χ2n) is 2.71. The average molecular weight is 183 g/mol. The zero-order valence-electron chi connectivity index (χ0n) is 7.81. The van der Waals surface area contributed by atoms with Gasteiger partial charge in [0.25, 0.3) is 0 Å². The van der Waals surface area contributed by atoms with Crippen LogP contribution in [0.4, 0.5) is 0 Å². The molecule has 0 spiro atoms. The topological polar surface area (TPSA) is 57.6 Å².